The number of carbonyl (C=O) groups excluding carboxylic acids is 2. The first-order valence-electron chi connectivity index (χ1n) is 6.71. The van der Waals surface area contributed by atoms with Crippen LogP contribution in [0, 0.1) is 13.8 Å². The van der Waals surface area contributed by atoms with Gasteiger partial charge in [0.25, 0.3) is 0 Å². The van der Waals surface area contributed by atoms with Gasteiger partial charge in [0, 0.05) is 17.3 Å². The molecule has 0 aromatic heterocycles. The van der Waals surface area contributed by atoms with Gasteiger partial charge in [-0.15, -0.1) is 0 Å². The second-order valence-electron chi connectivity index (χ2n) is 4.93. The fourth-order valence-electron chi connectivity index (χ4n) is 2.08. The third-order valence-corrected chi connectivity index (χ3v) is 2.93. The van der Waals surface area contributed by atoms with Crippen LogP contribution < -0.4 is 5.32 Å². The quantitative estimate of drug-likeness (QED) is 0.685. The lowest BCUT2D eigenvalue weighted by molar-refractivity contribution is -0.111. The molecule has 0 aliphatic heterocycles. The molecule has 2 rings (SSSR count). The maximum atomic E-state index is 11.8. The first kappa shape index (κ1) is 14.7. The van der Waals surface area contributed by atoms with Gasteiger partial charge in [-0.3, -0.25) is 9.59 Å². The minimum atomic E-state index is -0.315. The Hall–Kier alpha value is -2.68. The SMILES string of the molecule is Cc1cc(C)cc(NC(=O)C=CC(=O)c2ccccc2)c1. The Kier molecular flexibility index (Phi) is 4.67. The number of aryl methyl sites for hydroxylation is 2. The minimum absolute atomic E-state index is 0.189. The number of allylic oxidation sites excluding steroid dienone is 1. The molecule has 21 heavy (non-hydrogen) atoms. The van der Waals surface area contributed by atoms with Crippen LogP contribution >= 0.6 is 0 Å². The maximum Gasteiger partial charge on any atom is 0.248 e. The number of nitrogens with one attached hydrogen (secondary N) is 1. The van der Waals surface area contributed by atoms with Crippen LogP contribution in [-0.2, 0) is 4.79 Å². The number of hydrogen-bond acceptors (Lipinski definition) is 2. The number of hydrogen-bond donors (Lipinski definition) is 1. The van der Waals surface area contributed by atoms with E-state index in [1.807, 2.05) is 38.1 Å². The highest BCUT2D eigenvalue weighted by Gasteiger charge is 2.03. The van der Waals surface area contributed by atoms with E-state index in [4.69, 9.17) is 0 Å². The highest BCUT2D eigenvalue weighted by molar-refractivity contribution is 6.09. The number of rotatable bonds is 4. The van der Waals surface area contributed by atoms with Crippen LogP contribution in [0.15, 0.2) is 60.7 Å². The average Bonchev–Trinajstić information content (AvgIpc) is 2.44. The van der Waals surface area contributed by atoms with E-state index in [0.717, 1.165) is 16.8 Å². The summed E-state index contributed by atoms with van der Waals surface area (Å²) in [5.74, 6) is -0.504. The number of amides is 1. The zero-order valence-corrected chi connectivity index (χ0v) is 12.1. The van der Waals surface area contributed by atoms with Crippen molar-refractivity contribution in [2.24, 2.45) is 0 Å². The summed E-state index contributed by atoms with van der Waals surface area (Å²) in [6.07, 6.45) is 2.54. The predicted octanol–water partition coefficient (Wildman–Crippen LogP) is 3.68. The molecule has 0 unspecified atom stereocenters. The van der Waals surface area contributed by atoms with Gasteiger partial charge in [-0.05, 0) is 43.2 Å². The van der Waals surface area contributed by atoms with E-state index in [1.165, 1.54) is 12.2 Å². The number of benzene rings is 2. The third kappa shape index (κ3) is 4.42. The number of carbonyl (C=O) groups is 2. The first-order chi connectivity index (χ1) is 10.0. The van der Waals surface area contributed by atoms with Gasteiger partial charge in [0.1, 0.15) is 0 Å². The highest BCUT2D eigenvalue weighted by atomic mass is 16.1. The lowest BCUT2D eigenvalue weighted by atomic mass is 10.1. The molecule has 0 heterocycles. The third-order valence-electron chi connectivity index (χ3n) is 2.93. The summed E-state index contributed by atoms with van der Waals surface area (Å²) in [4.78, 5) is 23.7. The molecular weight excluding hydrogens is 262 g/mol. The zero-order chi connectivity index (χ0) is 15.2. The monoisotopic (exact) mass is 279 g/mol. The highest BCUT2D eigenvalue weighted by Crippen LogP contribution is 2.13. The lowest BCUT2D eigenvalue weighted by Crippen LogP contribution is -2.09. The van der Waals surface area contributed by atoms with Gasteiger partial charge < -0.3 is 5.32 Å². The summed E-state index contributed by atoms with van der Waals surface area (Å²) >= 11 is 0. The van der Waals surface area contributed by atoms with Gasteiger partial charge in [0.2, 0.25) is 5.91 Å². The fourth-order valence-corrected chi connectivity index (χ4v) is 2.08. The fraction of sp³-hybridized carbons (Fsp3) is 0.111. The second-order valence-corrected chi connectivity index (χ2v) is 4.93. The minimum Gasteiger partial charge on any atom is -0.322 e. The van der Waals surface area contributed by atoms with Gasteiger partial charge in [0.15, 0.2) is 5.78 Å². The summed E-state index contributed by atoms with van der Waals surface area (Å²) in [5.41, 5.74) is 3.45. The molecule has 1 N–H and O–H groups in total. The molecule has 3 nitrogen and oxygen atoms in total. The van der Waals surface area contributed by atoms with E-state index in [-0.39, 0.29) is 11.7 Å². The Morgan fingerprint density at radius 2 is 1.52 bits per heavy atom. The van der Waals surface area contributed by atoms with Crippen LogP contribution in [-0.4, -0.2) is 11.7 Å². The van der Waals surface area contributed by atoms with Crippen molar-refractivity contribution in [3.05, 3.63) is 77.4 Å². The second kappa shape index (κ2) is 6.66. The Bertz CT molecular complexity index is 667. The molecule has 0 bridgehead atoms. The molecule has 0 saturated heterocycles. The molecular formula is C18H17NO2. The van der Waals surface area contributed by atoms with Crippen LogP contribution in [0.2, 0.25) is 0 Å². The van der Waals surface area contributed by atoms with E-state index >= 15 is 0 Å². The van der Waals surface area contributed by atoms with Gasteiger partial charge >= 0.3 is 0 Å². The molecule has 0 atom stereocenters. The average molecular weight is 279 g/mol. The molecule has 0 spiro atoms. The van der Waals surface area contributed by atoms with E-state index in [9.17, 15) is 9.59 Å². The molecule has 2 aromatic carbocycles. The van der Waals surface area contributed by atoms with Crippen LogP contribution in [0.5, 0.6) is 0 Å². The topological polar surface area (TPSA) is 46.2 Å². The van der Waals surface area contributed by atoms with Crippen LogP contribution in [0.1, 0.15) is 21.5 Å². The van der Waals surface area contributed by atoms with Crippen LogP contribution in [0.25, 0.3) is 0 Å². The Morgan fingerprint density at radius 1 is 0.905 bits per heavy atom. The number of anilines is 1. The van der Waals surface area contributed by atoms with Gasteiger partial charge in [-0.25, -0.2) is 0 Å². The summed E-state index contributed by atoms with van der Waals surface area (Å²) < 4.78 is 0. The van der Waals surface area contributed by atoms with E-state index in [1.54, 1.807) is 24.3 Å². The van der Waals surface area contributed by atoms with Crippen molar-refractivity contribution in [3.63, 3.8) is 0 Å². The molecule has 106 valence electrons. The lowest BCUT2D eigenvalue weighted by Gasteiger charge is -2.05. The van der Waals surface area contributed by atoms with Gasteiger partial charge in [0.05, 0.1) is 0 Å². The summed E-state index contributed by atoms with van der Waals surface area (Å²) in [6, 6.07) is 14.7. The first-order valence-corrected chi connectivity index (χ1v) is 6.71. The molecule has 2 aromatic rings. The normalized spacial score (nSPS) is 10.6. The van der Waals surface area contributed by atoms with Crippen LogP contribution in [0.3, 0.4) is 0 Å². The zero-order valence-electron chi connectivity index (χ0n) is 12.1. The van der Waals surface area contributed by atoms with Crippen molar-refractivity contribution in [1.29, 1.82) is 0 Å². The van der Waals surface area contributed by atoms with Crippen molar-refractivity contribution >= 4 is 17.4 Å². The molecule has 0 aliphatic rings. The van der Waals surface area contributed by atoms with Gasteiger partial charge in [-0.2, -0.15) is 0 Å². The van der Waals surface area contributed by atoms with Crippen LogP contribution in [0.4, 0.5) is 5.69 Å². The van der Waals surface area contributed by atoms with Crippen molar-refractivity contribution in [3.8, 4) is 0 Å². The van der Waals surface area contributed by atoms with Crippen molar-refractivity contribution in [2.75, 3.05) is 5.32 Å². The van der Waals surface area contributed by atoms with Crippen molar-refractivity contribution in [1.82, 2.24) is 0 Å². The van der Waals surface area contributed by atoms with Crippen molar-refractivity contribution in [2.45, 2.75) is 13.8 Å². The maximum absolute atomic E-state index is 11.8. The summed E-state index contributed by atoms with van der Waals surface area (Å²) in [7, 11) is 0. The van der Waals surface area contributed by atoms with Gasteiger partial charge in [-0.1, -0.05) is 36.4 Å². The molecule has 0 radical (unpaired) electrons. The Morgan fingerprint density at radius 3 is 2.14 bits per heavy atom. The Labute approximate surface area is 124 Å². The molecule has 0 aliphatic carbocycles. The Balaban J connectivity index is 2.01. The summed E-state index contributed by atoms with van der Waals surface area (Å²) in [5, 5.41) is 2.75. The smallest absolute Gasteiger partial charge is 0.248 e. The standard InChI is InChI=1S/C18H17NO2/c1-13-10-14(2)12-16(11-13)19-18(21)9-8-17(20)15-6-4-3-5-7-15/h3-12H,1-2H3,(H,19,21). The van der Waals surface area contributed by atoms with E-state index < -0.39 is 0 Å². The number of ketones is 1. The molecule has 3 heteroatoms. The molecule has 0 saturated carbocycles. The molecule has 1 amide bonds. The van der Waals surface area contributed by atoms with E-state index in [2.05, 4.69) is 5.32 Å². The van der Waals surface area contributed by atoms with Crippen molar-refractivity contribution < 1.29 is 9.59 Å². The summed E-state index contributed by atoms with van der Waals surface area (Å²) in [6.45, 7) is 3.94. The van der Waals surface area contributed by atoms with E-state index in [0.29, 0.717) is 5.56 Å². The largest absolute Gasteiger partial charge is 0.322 e. The predicted molar refractivity (Wildman–Crippen MR) is 84.5 cm³/mol. The molecule has 0 fully saturated rings.